The van der Waals surface area contributed by atoms with Gasteiger partial charge in [-0.25, -0.2) is 0 Å². The van der Waals surface area contributed by atoms with Crippen molar-refractivity contribution in [3.8, 4) is 0 Å². The zero-order valence-corrected chi connectivity index (χ0v) is 18.4. The van der Waals surface area contributed by atoms with Crippen LogP contribution in [-0.4, -0.2) is 28.8 Å². The molecule has 0 heterocycles. The van der Waals surface area contributed by atoms with E-state index in [9.17, 15) is 9.59 Å². The van der Waals surface area contributed by atoms with Crippen molar-refractivity contribution in [3.05, 3.63) is 70.8 Å². The summed E-state index contributed by atoms with van der Waals surface area (Å²) in [4.78, 5) is 28.1. The smallest absolute Gasteiger partial charge is 0.243 e. The SMILES string of the molecule is CC[C@@H](C)NC(=O)[C@@H](CC)N(Cc1cccc(C)c1)C(=O)Cc1ccccc1C. The van der Waals surface area contributed by atoms with E-state index in [0.717, 1.165) is 28.7 Å². The fourth-order valence-corrected chi connectivity index (χ4v) is 3.44. The minimum absolute atomic E-state index is 0.0213. The van der Waals surface area contributed by atoms with Crippen molar-refractivity contribution in [3.63, 3.8) is 0 Å². The summed E-state index contributed by atoms with van der Waals surface area (Å²) in [5.41, 5.74) is 4.28. The molecule has 2 amide bonds. The molecular weight excluding hydrogens is 360 g/mol. The number of benzene rings is 2. The molecule has 2 aromatic carbocycles. The van der Waals surface area contributed by atoms with Crippen LogP contribution >= 0.6 is 0 Å². The topological polar surface area (TPSA) is 49.4 Å². The minimum atomic E-state index is -0.485. The van der Waals surface area contributed by atoms with Crippen LogP contribution in [0.3, 0.4) is 0 Å². The standard InChI is InChI=1S/C25H34N2O2/c1-6-20(5)26-25(29)23(7-2)27(17-21-13-10-11-18(3)15-21)24(28)16-22-14-9-8-12-19(22)4/h8-15,20,23H,6-7,16-17H2,1-5H3,(H,26,29)/t20-,23-/m1/s1. The second kappa shape index (κ2) is 10.8. The van der Waals surface area contributed by atoms with Gasteiger partial charge in [0.2, 0.25) is 11.8 Å². The summed E-state index contributed by atoms with van der Waals surface area (Å²) in [6, 6.07) is 15.7. The summed E-state index contributed by atoms with van der Waals surface area (Å²) < 4.78 is 0. The first-order valence-corrected chi connectivity index (χ1v) is 10.6. The van der Waals surface area contributed by atoms with Crippen LogP contribution in [0.2, 0.25) is 0 Å². The first-order valence-electron chi connectivity index (χ1n) is 10.6. The van der Waals surface area contributed by atoms with Gasteiger partial charge in [0.1, 0.15) is 6.04 Å². The van der Waals surface area contributed by atoms with Crippen LogP contribution in [-0.2, 0) is 22.6 Å². The molecule has 4 nitrogen and oxygen atoms in total. The summed E-state index contributed by atoms with van der Waals surface area (Å²) in [6.07, 6.45) is 1.73. The third-order valence-corrected chi connectivity index (χ3v) is 5.43. The molecule has 0 aliphatic carbocycles. The molecule has 2 rings (SSSR count). The van der Waals surface area contributed by atoms with Crippen molar-refractivity contribution < 1.29 is 9.59 Å². The number of aryl methyl sites for hydroxylation is 2. The van der Waals surface area contributed by atoms with Crippen molar-refractivity contribution in [2.24, 2.45) is 0 Å². The molecule has 0 saturated heterocycles. The third kappa shape index (κ3) is 6.45. The molecule has 2 atom stereocenters. The number of nitrogens with zero attached hydrogens (tertiary/aromatic N) is 1. The van der Waals surface area contributed by atoms with Crippen LogP contribution in [0.15, 0.2) is 48.5 Å². The quantitative estimate of drug-likeness (QED) is 0.677. The van der Waals surface area contributed by atoms with Crippen LogP contribution in [0, 0.1) is 13.8 Å². The minimum Gasteiger partial charge on any atom is -0.352 e. The fraction of sp³-hybridized carbons (Fsp3) is 0.440. The Balaban J connectivity index is 2.31. The van der Waals surface area contributed by atoms with E-state index in [1.54, 1.807) is 4.90 Å². The maximum Gasteiger partial charge on any atom is 0.243 e. The van der Waals surface area contributed by atoms with Crippen molar-refractivity contribution in [1.29, 1.82) is 0 Å². The van der Waals surface area contributed by atoms with Crippen molar-refractivity contribution in [2.45, 2.75) is 72.5 Å². The summed E-state index contributed by atoms with van der Waals surface area (Å²) in [5, 5.41) is 3.06. The first-order chi connectivity index (χ1) is 13.8. The maximum atomic E-state index is 13.4. The lowest BCUT2D eigenvalue weighted by Gasteiger charge is -2.32. The molecular formula is C25H34N2O2. The Morgan fingerprint density at radius 3 is 2.34 bits per heavy atom. The van der Waals surface area contributed by atoms with E-state index in [4.69, 9.17) is 0 Å². The molecule has 1 N–H and O–H groups in total. The number of amides is 2. The largest absolute Gasteiger partial charge is 0.352 e. The summed E-state index contributed by atoms with van der Waals surface area (Å²) in [5.74, 6) is -0.0976. The molecule has 0 saturated carbocycles. The number of hydrogen-bond acceptors (Lipinski definition) is 2. The number of hydrogen-bond donors (Lipinski definition) is 1. The second-order valence-electron chi connectivity index (χ2n) is 7.86. The van der Waals surface area contributed by atoms with Crippen molar-refractivity contribution in [1.82, 2.24) is 10.2 Å². The number of rotatable bonds is 9. The van der Waals surface area contributed by atoms with Crippen LogP contribution < -0.4 is 5.32 Å². The fourth-order valence-electron chi connectivity index (χ4n) is 3.44. The Hall–Kier alpha value is -2.62. The number of carbonyl (C=O) groups is 2. The molecule has 0 aliphatic rings. The third-order valence-electron chi connectivity index (χ3n) is 5.43. The van der Waals surface area contributed by atoms with Crippen molar-refractivity contribution in [2.75, 3.05) is 0 Å². The van der Waals surface area contributed by atoms with E-state index in [0.29, 0.717) is 19.4 Å². The summed E-state index contributed by atoms with van der Waals surface area (Å²) in [6.45, 7) is 10.5. The Morgan fingerprint density at radius 2 is 1.72 bits per heavy atom. The van der Waals surface area contributed by atoms with Gasteiger partial charge in [0.05, 0.1) is 6.42 Å². The molecule has 156 valence electrons. The Labute approximate surface area is 175 Å². The second-order valence-corrected chi connectivity index (χ2v) is 7.86. The monoisotopic (exact) mass is 394 g/mol. The van der Waals surface area contributed by atoms with Crippen molar-refractivity contribution >= 4 is 11.8 Å². The zero-order chi connectivity index (χ0) is 21.4. The zero-order valence-electron chi connectivity index (χ0n) is 18.4. The highest BCUT2D eigenvalue weighted by Gasteiger charge is 2.29. The highest BCUT2D eigenvalue weighted by Crippen LogP contribution is 2.17. The normalized spacial score (nSPS) is 12.9. The Morgan fingerprint density at radius 1 is 1.00 bits per heavy atom. The van der Waals surface area contributed by atoms with E-state index in [-0.39, 0.29) is 17.9 Å². The van der Waals surface area contributed by atoms with Crippen LogP contribution in [0.4, 0.5) is 0 Å². The lowest BCUT2D eigenvalue weighted by molar-refractivity contribution is -0.141. The highest BCUT2D eigenvalue weighted by atomic mass is 16.2. The predicted molar refractivity (Wildman–Crippen MR) is 119 cm³/mol. The van der Waals surface area contributed by atoms with Crippen LogP contribution in [0.5, 0.6) is 0 Å². The molecule has 29 heavy (non-hydrogen) atoms. The average Bonchev–Trinajstić information content (AvgIpc) is 2.69. The van der Waals surface area contributed by atoms with Gasteiger partial charge in [0.15, 0.2) is 0 Å². The lowest BCUT2D eigenvalue weighted by atomic mass is 10.0. The van der Waals surface area contributed by atoms with E-state index in [1.807, 2.05) is 77.1 Å². The molecule has 0 fully saturated rings. The molecule has 0 aromatic heterocycles. The van der Waals surface area contributed by atoms with Gasteiger partial charge in [-0.1, -0.05) is 67.9 Å². The molecule has 2 aromatic rings. The maximum absolute atomic E-state index is 13.4. The van der Waals surface area contributed by atoms with Gasteiger partial charge < -0.3 is 10.2 Å². The number of carbonyl (C=O) groups excluding carboxylic acids is 2. The highest BCUT2D eigenvalue weighted by molar-refractivity contribution is 5.88. The van der Waals surface area contributed by atoms with Gasteiger partial charge in [0.25, 0.3) is 0 Å². The van der Waals surface area contributed by atoms with E-state index < -0.39 is 6.04 Å². The van der Waals surface area contributed by atoms with Crippen LogP contribution in [0.25, 0.3) is 0 Å². The predicted octanol–water partition coefficient (Wildman–Crippen LogP) is 4.57. The van der Waals surface area contributed by atoms with E-state index in [1.165, 1.54) is 0 Å². The molecule has 0 radical (unpaired) electrons. The molecule has 0 bridgehead atoms. The summed E-state index contributed by atoms with van der Waals surface area (Å²) in [7, 11) is 0. The summed E-state index contributed by atoms with van der Waals surface area (Å²) >= 11 is 0. The van der Waals surface area contributed by atoms with E-state index in [2.05, 4.69) is 11.4 Å². The van der Waals surface area contributed by atoms with Gasteiger partial charge in [-0.05, 0) is 50.3 Å². The lowest BCUT2D eigenvalue weighted by Crippen LogP contribution is -2.51. The number of nitrogens with one attached hydrogen (secondary N) is 1. The first kappa shape index (κ1) is 22.7. The molecule has 4 heteroatoms. The van der Waals surface area contributed by atoms with Gasteiger partial charge in [-0.2, -0.15) is 0 Å². The van der Waals surface area contributed by atoms with Gasteiger partial charge in [-0.3, -0.25) is 9.59 Å². The Bertz CT molecular complexity index is 831. The van der Waals surface area contributed by atoms with E-state index >= 15 is 0 Å². The van der Waals surface area contributed by atoms with Crippen LogP contribution in [0.1, 0.15) is 55.9 Å². The molecule has 0 spiro atoms. The van der Waals surface area contributed by atoms with Gasteiger partial charge in [0, 0.05) is 12.6 Å². The van der Waals surface area contributed by atoms with Gasteiger partial charge in [-0.15, -0.1) is 0 Å². The molecule has 0 aliphatic heterocycles. The Kier molecular flexibility index (Phi) is 8.44. The van der Waals surface area contributed by atoms with Gasteiger partial charge >= 0.3 is 0 Å². The average molecular weight is 395 g/mol. The molecule has 0 unspecified atom stereocenters.